The average molecular weight is 292 g/mol. The lowest BCUT2D eigenvalue weighted by molar-refractivity contribution is 0.192. The van der Waals surface area contributed by atoms with Gasteiger partial charge in [-0.1, -0.05) is 18.0 Å². The second kappa shape index (κ2) is 4.90. The Balaban J connectivity index is 1.55. The van der Waals surface area contributed by atoms with Crippen molar-refractivity contribution in [3.63, 3.8) is 0 Å². The number of hydrogen-bond donors (Lipinski definition) is 1. The van der Waals surface area contributed by atoms with Crippen LogP contribution >= 0.6 is 11.6 Å². The largest absolute Gasteiger partial charge is 0.349 e. The molecule has 20 heavy (non-hydrogen) atoms. The number of rotatable bonds is 2. The first-order valence-corrected chi connectivity index (χ1v) is 7.70. The lowest BCUT2D eigenvalue weighted by Gasteiger charge is -2.32. The van der Waals surface area contributed by atoms with Crippen LogP contribution in [0, 0.1) is 0 Å². The van der Waals surface area contributed by atoms with Crippen LogP contribution in [0.25, 0.3) is 5.65 Å². The van der Waals surface area contributed by atoms with Gasteiger partial charge in [0.05, 0.1) is 5.02 Å². The Hall–Kier alpha value is -1.33. The van der Waals surface area contributed by atoms with E-state index in [9.17, 15) is 0 Å². The zero-order valence-corrected chi connectivity index (χ0v) is 12.1. The summed E-state index contributed by atoms with van der Waals surface area (Å²) in [6, 6.07) is 4.86. The normalized spacial score (nSPS) is 26.9. The molecule has 2 atom stereocenters. The van der Waals surface area contributed by atoms with Gasteiger partial charge in [0, 0.05) is 24.8 Å². The minimum Gasteiger partial charge on any atom is -0.349 e. The molecule has 4 heterocycles. The highest BCUT2D eigenvalue weighted by atomic mass is 35.5. The quantitative estimate of drug-likeness (QED) is 0.923. The molecule has 1 N–H and O–H groups in total. The van der Waals surface area contributed by atoms with Gasteiger partial charge in [0.2, 0.25) is 5.95 Å². The van der Waals surface area contributed by atoms with Crippen LogP contribution in [0.2, 0.25) is 5.02 Å². The van der Waals surface area contributed by atoms with E-state index in [0.717, 1.165) is 5.65 Å². The van der Waals surface area contributed by atoms with Crippen molar-refractivity contribution >= 4 is 23.2 Å². The van der Waals surface area contributed by atoms with Crippen LogP contribution in [-0.4, -0.2) is 44.7 Å². The smallest absolute Gasteiger partial charge is 0.243 e. The Morgan fingerprint density at radius 2 is 2.15 bits per heavy atom. The van der Waals surface area contributed by atoms with Crippen LogP contribution in [0.5, 0.6) is 0 Å². The summed E-state index contributed by atoms with van der Waals surface area (Å²) in [5, 5.41) is 8.66. The molecule has 2 aromatic heterocycles. The highest BCUT2D eigenvalue weighted by molar-refractivity contribution is 6.30. The molecule has 2 aliphatic heterocycles. The molecular formula is C14H18ClN5. The van der Waals surface area contributed by atoms with Crippen molar-refractivity contribution in [1.82, 2.24) is 19.5 Å². The molecule has 2 aromatic rings. The van der Waals surface area contributed by atoms with E-state index in [4.69, 9.17) is 11.6 Å². The first-order valence-electron chi connectivity index (χ1n) is 7.32. The molecule has 2 aliphatic rings. The zero-order chi connectivity index (χ0) is 13.5. The molecule has 6 heteroatoms. The Kier molecular flexibility index (Phi) is 3.04. The fourth-order valence-corrected chi connectivity index (χ4v) is 3.66. The summed E-state index contributed by atoms with van der Waals surface area (Å²) in [6.07, 6.45) is 6.94. The minimum atomic E-state index is 0.475. The van der Waals surface area contributed by atoms with E-state index in [1.54, 1.807) is 10.7 Å². The fourth-order valence-electron chi connectivity index (χ4n) is 3.50. The average Bonchev–Trinajstić information content (AvgIpc) is 3.03. The minimum absolute atomic E-state index is 0.475. The highest BCUT2D eigenvalue weighted by Gasteiger charge is 2.35. The number of fused-ring (bicyclic) bond motifs is 2. The number of pyridine rings is 1. The van der Waals surface area contributed by atoms with Crippen molar-refractivity contribution < 1.29 is 0 Å². The van der Waals surface area contributed by atoms with Gasteiger partial charge >= 0.3 is 0 Å². The topological polar surface area (TPSA) is 45.5 Å². The third-order valence-electron chi connectivity index (χ3n) is 4.47. The first-order chi connectivity index (χ1) is 9.79. The molecule has 2 fully saturated rings. The summed E-state index contributed by atoms with van der Waals surface area (Å²) in [5.41, 5.74) is 0.829. The molecule has 0 radical (unpaired) electrons. The zero-order valence-electron chi connectivity index (χ0n) is 11.3. The van der Waals surface area contributed by atoms with Gasteiger partial charge in [0.1, 0.15) is 0 Å². The molecular weight excluding hydrogens is 274 g/mol. The molecule has 0 aromatic carbocycles. The number of anilines is 1. The third kappa shape index (κ3) is 2.15. The number of hydrogen-bond acceptors (Lipinski definition) is 4. The molecule has 4 rings (SSSR count). The maximum atomic E-state index is 5.97. The van der Waals surface area contributed by atoms with E-state index in [-0.39, 0.29) is 0 Å². The second-order valence-corrected chi connectivity index (χ2v) is 6.16. The summed E-state index contributed by atoms with van der Waals surface area (Å²) in [4.78, 5) is 7.12. The van der Waals surface area contributed by atoms with Gasteiger partial charge in [0.15, 0.2) is 5.65 Å². The van der Waals surface area contributed by atoms with Gasteiger partial charge in [-0.2, -0.15) is 4.98 Å². The maximum absolute atomic E-state index is 5.97. The maximum Gasteiger partial charge on any atom is 0.243 e. The second-order valence-electron chi connectivity index (χ2n) is 5.72. The summed E-state index contributed by atoms with van der Waals surface area (Å²) in [7, 11) is 0. The van der Waals surface area contributed by atoms with Crippen LogP contribution in [0.1, 0.15) is 25.7 Å². The highest BCUT2D eigenvalue weighted by Crippen LogP contribution is 2.28. The van der Waals surface area contributed by atoms with Gasteiger partial charge < -0.3 is 5.32 Å². The molecule has 5 nitrogen and oxygen atoms in total. The van der Waals surface area contributed by atoms with Crippen LogP contribution in [-0.2, 0) is 0 Å². The Morgan fingerprint density at radius 3 is 3.10 bits per heavy atom. The van der Waals surface area contributed by atoms with Crippen molar-refractivity contribution in [2.24, 2.45) is 0 Å². The molecule has 2 saturated heterocycles. The standard InChI is InChI=1S/C14H18ClN5/c15-10-4-5-13-17-14(18-20(13)9-10)16-11-6-8-19-7-2-1-3-12(11)19/h4-5,9,11-12H,1-3,6-8H2,(H,16,18). The molecule has 0 spiro atoms. The van der Waals surface area contributed by atoms with Gasteiger partial charge in [-0.15, -0.1) is 5.10 Å². The summed E-state index contributed by atoms with van der Waals surface area (Å²) in [5.74, 6) is 0.713. The lowest BCUT2D eigenvalue weighted by Crippen LogP contribution is -2.41. The number of aromatic nitrogens is 3. The van der Waals surface area contributed by atoms with Crippen molar-refractivity contribution in [1.29, 1.82) is 0 Å². The Morgan fingerprint density at radius 1 is 1.20 bits per heavy atom. The Bertz CT molecular complexity index is 625. The third-order valence-corrected chi connectivity index (χ3v) is 4.69. The molecule has 0 amide bonds. The van der Waals surface area contributed by atoms with Gasteiger partial charge in [-0.3, -0.25) is 4.90 Å². The monoisotopic (exact) mass is 291 g/mol. The predicted octanol–water partition coefficient (Wildman–Crippen LogP) is 2.42. The Labute approximate surface area is 122 Å². The van der Waals surface area contributed by atoms with E-state index >= 15 is 0 Å². The van der Waals surface area contributed by atoms with E-state index in [1.807, 2.05) is 12.1 Å². The molecule has 0 saturated carbocycles. The van der Waals surface area contributed by atoms with Crippen molar-refractivity contribution in [2.75, 3.05) is 18.4 Å². The SMILES string of the molecule is Clc1ccc2nc(NC3CCN4CCCCC34)nn2c1. The predicted molar refractivity (Wildman–Crippen MR) is 79.2 cm³/mol. The van der Waals surface area contributed by atoms with E-state index < -0.39 is 0 Å². The van der Waals surface area contributed by atoms with Crippen molar-refractivity contribution in [3.8, 4) is 0 Å². The van der Waals surface area contributed by atoms with Crippen LogP contribution in [0.15, 0.2) is 18.3 Å². The van der Waals surface area contributed by atoms with Gasteiger partial charge in [-0.05, 0) is 37.9 Å². The molecule has 106 valence electrons. The van der Waals surface area contributed by atoms with E-state index in [0.29, 0.717) is 23.1 Å². The number of piperidine rings is 1. The molecule has 2 unspecified atom stereocenters. The van der Waals surface area contributed by atoms with E-state index in [1.165, 1.54) is 38.8 Å². The number of halogens is 1. The van der Waals surface area contributed by atoms with Gasteiger partial charge in [-0.25, -0.2) is 4.52 Å². The molecule has 0 aliphatic carbocycles. The van der Waals surface area contributed by atoms with Crippen LogP contribution < -0.4 is 5.32 Å². The number of nitrogens with one attached hydrogen (secondary N) is 1. The first kappa shape index (κ1) is 12.4. The summed E-state index contributed by atoms with van der Waals surface area (Å²) < 4.78 is 1.73. The van der Waals surface area contributed by atoms with Crippen LogP contribution in [0.3, 0.4) is 0 Å². The summed E-state index contributed by atoms with van der Waals surface area (Å²) in [6.45, 7) is 2.44. The fraction of sp³-hybridized carbons (Fsp3) is 0.571. The van der Waals surface area contributed by atoms with Crippen molar-refractivity contribution in [2.45, 2.75) is 37.8 Å². The molecule has 0 bridgehead atoms. The van der Waals surface area contributed by atoms with Gasteiger partial charge in [0.25, 0.3) is 0 Å². The summed E-state index contributed by atoms with van der Waals surface area (Å²) >= 11 is 5.97. The number of nitrogens with zero attached hydrogens (tertiary/aromatic N) is 4. The van der Waals surface area contributed by atoms with Crippen LogP contribution in [0.4, 0.5) is 5.95 Å². The lowest BCUT2D eigenvalue weighted by atomic mass is 9.99. The van der Waals surface area contributed by atoms with E-state index in [2.05, 4.69) is 20.3 Å². The van der Waals surface area contributed by atoms with Crippen molar-refractivity contribution in [3.05, 3.63) is 23.4 Å².